The molecule has 0 saturated carbocycles. The average molecular weight is 486 g/mol. The Balaban J connectivity index is 1.20. The highest BCUT2D eigenvalue weighted by molar-refractivity contribution is 6.30. The minimum absolute atomic E-state index is 0.00149. The van der Waals surface area contributed by atoms with Gasteiger partial charge in [-0.15, -0.1) is 0 Å². The van der Waals surface area contributed by atoms with Crippen LogP contribution in [0.5, 0.6) is 0 Å². The maximum absolute atomic E-state index is 12.9. The lowest BCUT2D eigenvalue weighted by atomic mass is 10.00. The molecule has 0 unspecified atom stereocenters. The number of carbonyl (C=O) groups excluding carboxylic acids is 1. The van der Waals surface area contributed by atoms with Crippen LogP contribution in [0.2, 0.25) is 5.02 Å². The molecule has 0 aliphatic carbocycles. The summed E-state index contributed by atoms with van der Waals surface area (Å²) >= 11 is 6.05. The highest BCUT2D eigenvalue weighted by Gasteiger charge is 2.16. The molecule has 0 atom stereocenters. The maximum atomic E-state index is 12.9. The van der Waals surface area contributed by atoms with E-state index in [9.17, 15) is 4.79 Å². The van der Waals surface area contributed by atoms with E-state index < -0.39 is 0 Å². The van der Waals surface area contributed by atoms with E-state index in [0.29, 0.717) is 6.54 Å². The third-order valence-electron chi connectivity index (χ3n) is 7.30. The summed E-state index contributed by atoms with van der Waals surface area (Å²) in [4.78, 5) is 15.4. The molecule has 0 fully saturated rings. The Bertz CT molecular complexity index is 1360. The number of benzene rings is 3. The Morgan fingerprint density at radius 3 is 2.57 bits per heavy atom. The lowest BCUT2D eigenvalue weighted by molar-refractivity contribution is 0.0951. The normalized spacial score (nSPS) is 13.7. The topological polar surface area (TPSA) is 37.3 Å². The van der Waals surface area contributed by atoms with Gasteiger partial charge in [0.15, 0.2) is 0 Å². The van der Waals surface area contributed by atoms with E-state index in [1.54, 1.807) is 0 Å². The van der Waals surface area contributed by atoms with Gasteiger partial charge in [-0.2, -0.15) is 0 Å². The summed E-state index contributed by atoms with van der Waals surface area (Å²) in [6.07, 6.45) is 2.06. The molecule has 1 N–H and O–H groups in total. The van der Waals surface area contributed by atoms with Gasteiger partial charge in [0.05, 0.1) is 0 Å². The van der Waals surface area contributed by atoms with Crippen LogP contribution in [-0.4, -0.2) is 35.0 Å². The van der Waals surface area contributed by atoms with Gasteiger partial charge in [-0.1, -0.05) is 48.0 Å². The molecule has 0 saturated heterocycles. The number of halogens is 1. The average Bonchev–Trinajstić information content (AvgIpc) is 3.12. The van der Waals surface area contributed by atoms with Crippen LogP contribution in [-0.2, 0) is 19.5 Å². The fourth-order valence-corrected chi connectivity index (χ4v) is 5.24. The minimum Gasteiger partial charge on any atom is -0.352 e. The number of amides is 1. The summed E-state index contributed by atoms with van der Waals surface area (Å²) in [6, 6.07) is 22.7. The van der Waals surface area contributed by atoms with E-state index in [-0.39, 0.29) is 5.91 Å². The number of rotatable bonds is 7. The Kier molecular flexibility index (Phi) is 6.94. The van der Waals surface area contributed by atoms with E-state index in [2.05, 4.69) is 71.1 Å². The Labute approximate surface area is 212 Å². The molecule has 0 bridgehead atoms. The van der Waals surface area contributed by atoms with Gasteiger partial charge in [0.1, 0.15) is 0 Å². The van der Waals surface area contributed by atoms with E-state index >= 15 is 0 Å². The Hall–Kier alpha value is -3.08. The van der Waals surface area contributed by atoms with Crippen molar-refractivity contribution in [3.8, 4) is 0 Å². The lowest BCUT2D eigenvalue weighted by Crippen LogP contribution is -2.33. The van der Waals surface area contributed by atoms with Gasteiger partial charge in [0.2, 0.25) is 0 Å². The minimum atomic E-state index is -0.00149. The summed E-state index contributed by atoms with van der Waals surface area (Å²) in [5.41, 5.74) is 8.41. The summed E-state index contributed by atoms with van der Waals surface area (Å²) in [6.45, 7) is 8.84. The molecule has 0 spiro atoms. The largest absolute Gasteiger partial charge is 0.352 e. The maximum Gasteiger partial charge on any atom is 0.251 e. The molecule has 5 heteroatoms. The quantitative estimate of drug-likeness (QED) is 0.319. The summed E-state index contributed by atoms with van der Waals surface area (Å²) < 4.78 is 2.31. The molecule has 4 nitrogen and oxygen atoms in total. The Morgan fingerprint density at radius 1 is 1.00 bits per heavy atom. The lowest BCUT2D eigenvalue weighted by Gasteiger charge is -2.28. The molecule has 180 valence electrons. The van der Waals surface area contributed by atoms with Gasteiger partial charge in [-0.25, -0.2) is 0 Å². The second-order valence-electron chi connectivity index (χ2n) is 9.56. The second kappa shape index (κ2) is 10.3. The van der Waals surface area contributed by atoms with Crippen LogP contribution in [0, 0.1) is 13.8 Å². The van der Waals surface area contributed by atoms with Crippen LogP contribution >= 0.6 is 11.6 Å². The van der Waals surface area contributed by atoms with Gasteiger partial charge >= 0.3 is 0 Å². The van der Waals surface area contributed by atoms with Crippen LogP contribution < -0.4 is 5.32 Å². The first-order valence-corrected chi connectivity index (χ1v) is 12.8. The zero-order valence-corrected chi connectivity index (χ0v) is 21.2. The number of aromatic nitrogens is 1. The highest BCUT2D eigenvalue weighted by Crippen LogP contribution is 2.27. The smallest absolute Gasteiger partial charge is 0.251 e. The van der Waals surface area contributed by atoms with Crippen molar-refractivity contribution in [2.24, 2.45) is 0 Å². The molecule has 1 amide bonds. The van der Waals surface area contributed by atoms with Crippen LogP contribution in [0.1, 0.15) is 44.7 Å². The third kappa shape index (κ3) is 5.14. The van der Waals surface area contributed by atoms with Crippen LogP contribution in [0.15, 0.2) is 66.7 Å². The first-order valence-electron chi connectivity index (χ1n) is 12.4. The van der Waals surface area contributed by atoms with Crippen molar-refractivity contribution in [3.63, 3.8) is 0 Å². The van der Waals surface area contributed by atoms with Gasteiger partial charge in [0, 0.05) is 59.9 Å². The number of hydrogen-bond acceptors (Lipinski definition) is 2. The van der Waals surface area contributed by atoms with Gasteiger partial charge in [-0.05, 0) is 79.3 Å². The molecule has 2 heterocycles. The zero-order chi connectivity index (χ0) is 24.4. The number of hydrogen-bond donors (Lipinski definition) is 1. The van der Waals surface area contributed by atoms with E-state index in [1.807, 2.05) is 24.3 Å². The molecule has 5 rings (SSSR count). The van der Waals surface area contributed by atoms with Gasteiger partial charge in [-0.3, -0.25) is 9.69 Å². The first-order chi connectivity index (χ1) is 17.0. The number of carbonyl (C=O) groups is 1. The summed E-state index contributed by atoms with van der Waals surface area (Å²) in [5, 5.41) is 5.00. The fraction of sp³-hybridized carbons (Fsp3) is 0.300. The highest BCUT2D eigenvalue weighted by atomic mass is 35.5. The van der Waals surface area contributed by atoms with Gasteiger partial charge < -0.3 is 9.88 Å². The summed E-state index contributed by atoms with van der Waals surface area (Å²) in [5.74, 6) is -0.00149. The summed E-state index contributed by atoms with van der Waals surface area (Å²) in [7, 11) is 0. The van der Waals surface area contributed by atoms with E-state index in [0.717, 1.165) is 60.5 Å². The third-order valence-corrected chi connectivity index (χ3v) is 7.55. The monoisotopic (exact) mass is 485 g/mol. The first kappa shape index (κ1) is 23.7. The Morgan fingerprint density at radius 2 is 1.77 bits per heavy atom. The standard InChI is InChI=1S/C30H32ClN3O/c1-21-22(2)34(19-23-8-11-27(31)12-9-23)29-13-10-25(18-28(21)29)30(35)32-15-5-16-33-17-14-24-6-3-4-7-26(24)20-33/h3-4,6-13,18H,5,14-17,19-20H2,1-2H3,(H,32,35). The number of aryl methyl sites for hydroxylation is 1. The number of nitrogens with one attached hydrogen (secondary N) is 1. The van der Waals surface area contributed by atoms with E-state index in [4.69, 9.17) is 11.6 Å². The van der Waals surface area contributed by atoms with Crippen molar-refractivity contribution in [3.05, 3.63) is 105 Å². The number of fused-ring (bicyclic) bond motifs is 2. The van der Waals surface area contributed by atoms with Crippen molar-refractivity contribution >= 4 is 28.4 Å². The molecule has 1 aliphatic rings. The van der Waals surface area contributed by atoms with Crippen LogP contribution in [0.4, 0.5) is 0 Å². The SMILES string of the molecule is Cc1c(C)n(Cc2ccc(Cl)cc2)c2ccc(C(=O)NCCCN3CCc4ccccc4C3)cc12. The van der Waals surface area contributed by atoms with Crippen molar-refractivity contribution in [2.75, 3.05) is 19.6 Å². The molecule has 35 heavy (non-hydrogen) atoms. The second-order valence-corrected chi connectivity index (χ2v) is 10.00. The van der Waals surface area contributed by atoms with Crippen molar-refractivity contribution in [1.29, 1.82) is 0 Å². The van der Waals surface area contributed by atoms with Gasteiger partial charge in [0.25, 0.3) is 5.91 Å². The predicted octanol–water partition coefficient (Wildman–Crippen LogP) is 6.14. The molecule has 1 aromatic heterocycles. The zero-order valence-electron chi connectivity index (χ0n) is 20.5. The van der Waals surface area contributed by atoms with Crippen molar-refractivity contribution in [2.45, 2.75) is 39.8 Å². The molecule has 0 radical (unpaired) electrons. The molecular formula is C30H32ClN3O. The van der Waals surface area contributed by atoms with Crippen LogP contribution in [0.25, 0.3) is 10.9 Å². The molecule has 1 aliphatic heterocycles. The molecule has 4 aromatic rings. The van der Waals surface area contributed by atoms with E-state index in [1.165, 1.54) is 27.9 Å². The van der Waals surface area contributed by atoms with Crippen LogP contribution in [0.3, 0.4) is 0 Å². The van der Waals surface area contributed by atoms with Crippen molar-refractivity contribution < 1.29 is 4.79 Å². The predicted molar refractivity (Wildman–Crippen MR) is 144 cm³/mol. The molecule has 3 aromatic carbocycles. The number of nitrogens with zero attached hydrogens (tertiary/aromatic N) is 2. The fourth-order valence-electron chi connectivity index (χ4n) is 5.12. The molecular weight excluding hydrogens is 454 g/mol. The van der Waals surface area contributed by atoms with Crippen molar-refractivity contribution in [1.82, 2.24) is 14.8 Å².